The summed E-state index contributed by atoms with van der Waals surface area (Å²) in [7, 11) is 0. The number of benzene rings is 2. The maximum Gasteiger partial charge on any atom is 0.335 e. The molecule has 1 amide bonds. The molecule has 190 valence electrons. The zero-order valence-corrected chi connectivity index (χ0v) is 20.7. The highest BCUT2D eigenvalue weighted by molar-refractivity contribution is 5.95. The van der Waals surface area contributed by atoms with Gasteiger partial charge in [0.25, 0.3) is 11.5 Å². The van der Waals surface area contributed by atoms with E-state index in [4.69, 9.17) is 0 Å². The van der Waals surface area contributed by atoms with Gasteiger partial charge in [-0.1, -0.05) is 29.8 Å². The van der Waals surface area contributed by atoms with E-state index < -0.39 is 23.0 Å². The third-order valence-corrected chi connectivity index (χ3v) is 8.54. The van der Waals surface area contributed by atoms with Gasteiger partial charge in [0, 0.05) is 5.56 Å². The molecule has 2 aromatic carbocycles. The molecule has 7 rings (SSSR count). The lowest BCUT2D eigenvalue weighted by Crippen LogP contribution is -2.48. The van der Waals surface area contributed by atoms with Crippen molar-refractivity contribution in [2.45, 2.75) is 50.9 Å². The quantitative estimate of drug-likeness (QED) is 0.367. The predicted molar refractivity (Wildman–Crippen MR) is 140 cm³/mol. The number of amides is 1. The average molecular weight is 499 g/mol. The Morgan fingerprint density at radius 2 is 1.70 bits per heavy atom. The van der Waals surface area contributed by atoms with Gasteiger partial charge in [0.2, 0.25) is 5.88 Å². The van der Waals surface area contributed by atoms with Crippen LogP contribution in [0.4, 0.5) is 0 Å². The van der Waals surface area contributed by atoms with E-state index in [-0.39, 0.29) is 11.0 Å². The molecule has 3 aromatic rings. The number of nitrogens with zero attached hydrogens (tertiary/aromatic N) is 2. The van der Waals surface area contributed by atoms with Crippen molar-refractivity contribution < 1.29 is 9.90 Å². The SMILES string of the molecule is Cc1cccc(C(=O)NN=Cc2c(O)n(-c3ccc(C45CC6CC(CC(C6)C4)C5)cc3)c(=O)[nH]c2=O)c1. The van der Waals surface area contributed by atoms with Gasteiger partial charge in [-0.15, -0.1) is 0 Å². The van der Waals surface area contributed by atoms with Crippen molar-refractivity contribution in [2.24, 2.45) is 22.9 Å². The third kappa shape index (κ3) is 4.20. The van der Waals surface area contributed by atoms with Gasteiger partial charge in [0.1, 0.15) is 5.56 Å². The molecule has 8 nitrogen and oxygen atoms in total. The molecule has 4 aliphatic rings. The van der Waals surface area contributed by atoms with E-state index in [1.54, 1.807) is 18.2 Å². The third-order valence-electron chi connectivity index (χ3n) is 8.54. The maximum absolute atomic E-state index is 12.7. The predicted octanol–water partition coefficient (Wildman–Crippen LogP) is 3.77. The number of aromatic amines is 1. The van der Waals surface area contributed by atoms with Crippen LogP contribution < -0.4 is 16.7 Å². The van der Waals surface area contributed by atoms with Crippen molar-refractivity contribution in [1.29, 1.82) is 0 Å². The molecule has 1 heterocycles. The molecule has 3 N–H and O–H groups in total. The minimum Gasteiger partial charge on any atom is -0.493 e. The van der Waals surface area contributed by atoms with Crippen LogP contribution in [0.1, 0.15) is 65.6 Å². The molecule has 0 atom stereocenters. The van der Waals surface area contributed by atoms with Gasteiger partial charge in [-0.05, 0) is 98.4 Å². The lowest BCUT2D eigenvalue weighted by molar-refractivity contribution is -0.00518. The summed E-state index contributed by atoms with van der Waals surface area (Å²) in [5, 5.41) is 14.7. The van der Waals surface area contributed by atoms with E-state index >= 15 is 0 Å². The van der Waals surface area contributed by atoms with Crippen LogP contribution in [0.25, 0.3) is 5.69 Å². The Balaban J connectivity index is 1.26. The Hall–Kier alpha value is -3.94. The minimum absolute atomic E-state index is 0.221. The molecule has 4 saturated carbocycles. The minimum atomic E-state index is -0.794. The van der Waals surface area contributed by atoms with Crippen molar-refractivity contribution in [3.63, 3.8) is 0 Å². The topological polar surface area (TPSA) is 117 Å². The van der Waals surface area contributed by atoms with Crippen LogP contribution in [-0.2, 0) is 5.41 Å². The number of hydrogen-bond donors (Lipinski definition) is 3. The summed E-state index contributed by atoms with van der Waals surface area (Å²) >= 11 is 0. The van der Waals surface area contributed by atoms with Crippen molar-refractivity contribution in [3.05, 3.63) is 91.6 Å². The monoisotopic (exact) mass is 498 g/mol. The number of rotatable bonds is 5. The van der Waals surface area contributed by atoms with E-state index in [0.29, 0.717) is 11.3 Å². The molecule has 0 unspecified atom stereocenters. The molecular formula is C29H30N4O4. The summed E-state index contributed by atoms with van der Waals surface area (Å²) in [6, 6.07) is 14.8. The molecule has 1 aromatic heterocycles. The standard InChI is InChI=1S/C29H30N4O4/c1-17-3-2-4-21(9-17)25(34)32-30-16-24-26(35)31-28(37)33(27(24)36)23-7-5-22(6-8-23)29-13-18-10-19(14-29)12-20(11-18)15-29/h2-9,16,18-20,36H,10-15H2,1H3,(H,32,34)(H,31,35,37). The number of aromatic nitrogens is 2. The largest absolute Gasteiger partial charge is 0.493 e. The van der Waals surface area contributed by atoms with Crippen LogP contribution >= 0.6 is 0 Å². The van der Waals surface area contributed by atoms with Gasteiger partial charge in [-0.2, -0.15) is 5.10 Å². The van der Waals surface area contributed by atoms with Gasteiger partial charge >= 0.3 is 5.69 Å². The molecule has 8 heteroatoms. The summed E-state index contributed by atoms with van der Waals surface area (Å²) in [5.41, 5.74) is 3.90. The van der Waals surface area contributed by atoms with Crippen LogP contribution in [0, 0.1) is 24.7 Å². The normalized spacial score (nSPS) is 26.0. The Kier molecular flexibility index (Phi) is 5.62. The van der Waals surface area contributed by atoms with Crippen molar-refractivity contribution in [2.75, 3.05) is 0 Å². The Morgan fingerprint density at radius 1 is 1.05 bits per heavy atom. The van der Waals surface area contributed by atoms with Gasteiger partial charge in [0.05, 0.1) is 11.9 Å². The number of hydrogen-bond acceptors (Lipinski definition) is 5. The fourth-order valence-corrected chi connectivity index (χ4v) is 7.33. The number of aromatic hydroxyl groups is 1. The first kappa shape index (κ1) is 23.5. The second-order valence-electron chi connectivity index (χ2n) is 11.1. The van der Waals surface area contributed by atoms with E-state index in [0.717, 1.165) is 34.1 Å². The van der Waals surface area contributed by atoms with Crippen molar-refractivity contribution >= 4 is 12.1 Å². The fourth-order valence-electron chi connectivity index (χ4n) is 7.33. The van der Waals surface area contributed by atoms with Crippen molar-refractivity contribution in [3.8, 4) is 11.6 Å². The van der Waals surface area contributed by atoms with Gasteiger partial charge in [0.15, 0.2) is 0 Å². The van der Waals surface area contributed by atoms with Crippen LogP contribution in [0.5, 0.6) is 5.88 Å². The summed E-state index contributed by atoms with van der Waals surface area (Å²) in [6.07, 6.45) is 8.85. The number of nitrogens with one attached hydrogen (secondary N) is 2. The van der Waals surface area contributed by atoms with Crippen LogP contribution in [0.3, 0.4) is 0 Å². The smallest absolute Gasteiger partial charge is 0.335 e. The van der Waals surface area contributed by atoms with Crippen molar-refractivity contribution in [1.82, 2.24) is 15.0 Å². The number of H-pyrrole nitrogens is 1. The van der Waals surface area contributed by atoms with Gasteiger partial charge in [-0.25, -0.2) is 14.8 Å². The second-order valence-corrected chi connectivity index (χ2v) is 11.1. The molecule has 0 radical (unpaired) electrons. The fraction of sp³-hybridized carbons (Fsp3) is 0.379. The Labute approximate surface area is 214 Å². The maximum atomic E-state index is 12.7. The van der Waals surface area contributed by atoms with E-state index in [2.05, 4.69) is 27.6 Å². The molecule has 4 bridgehead atoms. The van der Waals surface area contributed by atoms with Gasteiger partial charge < -0.3 is 5.11 Å². The summed E-state index contributed by atoms with van der Waals surface area (Å²) in [5.74, 6) is 1.48. The lowest BCUT2D eigenvalue weighted by Gasteiger charge is -2.57. The highest BCUT2D eigenvalue weighted by Crippen LogP contribution is 2.60. The zero-order valence-electron chi connectivity index (χ0n) is 20.7. The van der Waals surface area contributed by atoms with E-state index in [1.165, 1.54) is 44.1 Å². The highest BCUT2D eigenvalue weighted by atomic mass is 16.3. The first-order valence-electron chi connectivity index (χ1n) is 12.9. The molecule has 0 spiro atoms. The Bertz CT molecular complexity index is 1480. The number of carbonyl (C=O) groups excluding carboxylic acids is 1. The molecule has 37 heavy (non-hydrogen) atoms. The molecular weight excluding hydrogens is 468 g/mol. The molecule has 0 saturated heterocycles. The summed E-state index contributed by atoms with van der Waals surface area (Å²) in [4.78, 5) is 39.6. The first-order chi connectivity index (χ1) is 17.8. The lowest BCUT2D eigenvalue weighted by atomic mass is 9.48. The summed E-state index contributed by atoms with van der Waals surface area (Å²) in [6.45, 7) is 1.87. The summed E-state index contributed by atoms with van der Waals surface area (Å²) < 4.78 is 1.05. The molecule has 4 fully saturated rings. The van der Waals surface area contributed by atoms with Crippen LogP contribution in [0.2, 0.25) is 0 Å². The second kappa shape index (κ2) is 8.87. The molecule has 0 aliphatic heterocycles. The first-order valence-corrected chi connectivity index (χ1v) is 12.9. The number of aryl methyl sites for hydroxylation is 1. The number of carbonyl (C=O) groups is 1. The average Bonchev–Trinajstić information content (AvgIpc) is 2.85. The van der Waals surface area contributed by atoms with Gasteiger partial charge in [-0.3, -0.25) is 14.6 Å². The van der Waals surface area contributed by atoms with Crippen LogP contribution in [-0.4, -0.2) is 26.8 Å². The highest BCUT2D eigenvalue weighted by Gasteiger charge is 2.51. The number of hydrazone groups is 1. The molecule has 4 aliphatic carbocycles. The van der Waals surface area contributed by atoms with E-state index in [1.807, 2.05) is 25.1 Å². The Morgan fingerprint density at radius 3 is 2.32 bits per heavy atom. The van der Waals surface area contributed by atoms with Crippen LogP contribution in [0.15, 0.2) is 63.2 Å². The zero-order chi connectivity index (χ0) is 25.7. The van der Waals surface area contributed by atoms with E-state index in [9.17, 15) is 19.5 Å².